The third kappa shape index (κ3) is 4.86. The van der Waals surface area contributed by atoms with Gasteiger partial charge in [-0.25, -0.2) is 8.42 Å². The molecule has 1 aromatic heterocycles. The van der Waals surface area contributed by atoms with Crippen LogP contribution < -0.4 is 4.80 Å². The van der Waals surface area contributed by atoms with Gasteiger partial charge in [-0.3, -0.25) is 19.7 Å². The molecule has 0 radical (unpaired) electrons. The van der Waals surface area contributed by atoms with Crippen LogP contribution in [0.1, 0.15) is 17.3 Å². The minimum Gasteiger partial charge on any atom is -0.465 e. The second kappa shape index (κ2) is 8.78. The molecule has 0 aliphatic rings. The lowest BCUT2D eigenvalue weighted by Crippen LogP contribution is -2.23. The van der Waals surface area contributed by atoms with E-state index in [1.54, 1.807) is 6.92 Å². The molecule has 1 heterocycles. The largest absolute Gasteiger partial charge is 0.465 e. The Bertz CT molecular complexity index is 1370. The number of hydrogen-bond donors (Lipinski definition) is 0. The number of esters is 1. The minimum atomic E-state index is -3.68. The van der Waals surface area contributed by atoms with E-state index in [0.717, 1.165) is 17.6 Å². The molecule has 2 aromatic carbocycles. The summed E-state index contributed by atoms with van der Waals surface area (Å²) in [4.78, 5) is 39.4. The van der Waals surface area contributed by atoms with Crippen LogP contribution in [0.25, 0.3) is 10.2 Å². The lowest BCUT2D eigenvalue weighted by molar-refractivity contribution is -0.384. The minimum absolute atomic E-state index is 0.0804. The fourth-order valence-corrected chi connectivity index (χ4v) is 4.80. The Labute approximate surface area is 180 Å². The average molecular weight is 463 g/mol. The average Bonchev–Trinajstić information content (AvgIpc) is 3.03. The van der Waals surface area contributed by atoms with Crippen molar-refractivity contribution in [1.82, 2.24) is 4.57 Å². The highest BCUT2D eigenvalue weighted by molar-refractivity contribution is 7.90. The summed E-state index contributed by atoms with van der Waals surface area (Å²) in [6, 6.07) is 9.70. The standard InChI is InChI=1S/C19H17N3O7S2/c1-3-29-17(23)11-21-14-9-8-12(22(25)26)10-15(14)30-19(21)20-18(24)13-6-4-5-7-16(13)31(2,27)28/h4-10H,3,11H2,1-2H3. The molecule has 1 amide bonds. The van der Waals surface area contributed by atoms with Gasteiger partial charge in [0.2, 0.25) is 0 Å². The van der Waals surface area contributed by atoms with Gasteiger partial charge >= 0.3 is 5.97 Å². The number of carbonyl (C=O) groups is 2. The number of hydrogen-bond acceptors (Lipinski definition) is 8. The Kier molecular flexibility index (Phi) is 6.32. The van der Waals surface area contributed by atoms with Crippen LogP contribution in [0.4, 0.5) is 5.69 Å². The maximum Gasteiger partial charge on any atom is 0.326 e. The highest BCUT2D eigenvalue weighted by Gasteiger charge is 2.19. The molecule has 0 aliphatic carbocycles. The molecule has 0 spiro atoms. The maximum atomic E-state index is 12.8. The molecular formula is C19H17N3O7S2. The number of rotatable bonds is 6. The lowest BCUT2D eigenvalue weighted by atomic mass is 10.2. The lowest BCUT2D eigenvalue weighted by Gasteiger charge is -2.06. The van der Waals surface area contributed by atoms with Crippen molar-refractivity contribution >= 4 is 49.0 Å². The number of sulfone groups is 1. The van der Waals surface area contributed by atoms with Crippen molar-refractivity contribution in [3.05, 3.63) is 62.9 Å². The summed E-state index contributed by atoms with van der Waals surface area (Å²) >= 11 is 0.966. The van der Waals surface area contributed by atoms with E-state index < -0.39 is 26.6 Å². The van der Waals surface area contributed by atoms with Crippen LogP contribution in [0, 0.1) is 10.1 Å². The van der Waals surface area contributed by atoms with Crippen LogP contribution in [-0.4, -0.2) is 42.6 Å². The van der Waals surface area contributed by atoms with Crippen molar-refractivity contribution in [1.29, 1.82) is 0 Å². The van der Waals surface area contributed by atoms with Gasteiger partial charge < -0.3 is 9.30 Å². The van der Waals surface area contributed by atoms with Gasteiger partial charge in [-0.05, 0) is 25.1 Å². The highest BCUT2D eigenvalue weighted by Crippen LogP contribution is 2.24. The first-order valence-electron chi connectivity index (χ1n) is 8.93. The van der Waals surface area contributed by atoms with E-state index in [1.165, 1.54) is 47.0 Å². The van der Waals surface area contributed by atoms with Crippen LogP contribution in [0.3, 0.4) is 0 Å². The molecule has 0 saturated heterocycles. The molecular weight excluding hydrogens is 446 g/mol. The summed E-state index contributed by atoms with van der Waals surface area (Å²) in [5.74, 6) is -1.40. The zero-order chi connectivity index (χ0) is 22.8. The van der Waals surface area contributed by atoms with Gasteiger partial charge in [0.25, 0.3) is 11.6 Å². The number of carbonyl (C=O) groups excluding carboxylic acids is 2. The Morgan fingerprint density at radius 2 is 1.94 bits per heavy atom. The molecule has 0 bridgehead atoms. The molecule has 0 aliphatic heterocycles. The van der Waals surface area contributed by atoms with Crippen LogP contribution in [0.2, 0.25) is 0 Å². The van der Waals surface area contributed by atoms with E-state index in [0.29, 0.717) is 10.2 Å². The maximum absolute atomic E-state index is 12.8. The molecule has 12 heteroatoms. The number of ether oxygens (including phenoxy) is 1. The number of benzene rings is 2. The van der Waals surface area contributed by atoms with Gasteiger partial charge in [0, 0.05) is 18.4 Å². The molecule has 0 atom stereocenters. The Morgan fingerprint density at radius 1 is 1.23 bits per heavy atom. The Morgan fingerprint density at radius 3 is 2.58 bits per heavy atom. The number of fused-ring (bicyclic) bond motifs is 1. The number of nitro groups is 1. The van der Waals surface area contributed by atoms with Gasteiger partial charge in [0.1, 0.15) is 6.54 Å². The SMILES string of the molecule is CCOC(=O)Cn1c(=NC(=O)c2ccccc2S(C)(=O)=O)sc2cc([N+](=O)[O-])ccc21. The first-order valence-corrected chi connectivity index (χ1v) is 11.6. The van der Waals surface area contributed by atoms with Crippen LogP contribution in [0.5, 0.6) is 0 Å². The molecule has 3 aromatic rings. The smallest absolute Gasteiger partial charge is 0.326 e. The second-order valence-corrected chi connectivity index (χ2v) is 9.36. The number of non-ortho nitro benzene ring substituents is 1. The fourth-order valence-electron chi connectivity index (χ4n) is 2.86. The third-order valence-corrected chi connectivity index (χ3v) is 6.38. The molecule has 3 rings (SSSR count). The van der Waals surface area contributed by atoms with Gasteiger partial charge in [0.05, 0.1) is 32.2 Å². The summed E-state index contributed by atoms with van der Waals surface area (Å²) in [5.41, 5.74) is 0.181. The molecule has 0 fully saturated rings. The summed E-state index contributed by atoms with van der Waals surface area (Å²) in [7, 11) is -3.68. The summed E-state index contributed by atoms with van der Waals surface area (Å²) < 4.78 is 30.8. The predicted molar refractivity (Wildman–Crippen MR) is 113 cm³/mol. The van der Waals surface area contributed by atoms with E-state index in [9.17, 15) is 28.1 Å². The van der Waals surface area contributed by atoms with Crippen molar-refractivity contribution in [2.24, 2.45) is 4.99 Å². The molecule has 162 valence electrons. The van der Waals surface area contributed by atoms with E-state index in [2.05, 4.69) is 4.99 Å². The number of nitro benzene ring substituents is 1. The number of thiazole rings is 1. The predicted octanol–water partition coefficient (Wildman–Crippen LogP) is 2.32. The van der Waals surface area contributed by atoms with Gasteiger partial charge in [-0.2, -0.15) is 4.99 Å². The highest BCUT2D eigenvalue weighted by atomic mass is 32.2. The Balaban J connectivity index is 2.20. The zero-order valence-electron chi connectivity index (χ0n) is 16.5. The molecule has 0 N–H and O–H groups in total. The van der Waals surface area contributed by atoms with Crippen LogP contribution >= 0.6 is 11.3 Å². The van der Waals surface area contributed by atoms with Gasteiger partial charge in [-0.1, -0.05) is 23.5 Å². The monoisotopic (exact) mass is 463 g/mol. The summed E-state index contributed by atoms with van der Waals surface area (Å²) in [6.07, 6.45) is 0.985. The second-order valence-electron chi connectivity index (χ2n) is 6.37. The van der Waals surface area contributed by atoms with Crippen molar-refractivity contribution < 1.29 is 27.7 Å². The van der Waals surface area contributed by atoms with E-state index in [1.807, 2.05) is 0 Å². The van der Waals surface area contributed by atoms with E-state index in [-0.39, 0.29) is 34.1 Å². The molecule has 0 saturated carbocycles. The molecule has 10 nitrogen and oxygen atoms in total. The van der Waals surface area contributed by atoms with E-state index in [4.69, 9.17) is 4.74 Å². The van der Waals surface area contributed by atoms with Crippen molar-refractivity contribution in [2.75, 3.05) is 12.9 Å². The van der Waals surface area contributed by atoms with Crippen molar-refractivity contribution in [3.8, 4) is 0 Å². The number of nitrogens with zero attached hydrogens (tertiary/aromatic N) is 3. The van der Waals surface area contributed by atoms with Gasteiger partial charge in [0.15, 0.2) is 14.6 Å². The zero-order valence-corrected chi connectivity index (χ0v) is 18.1. The quantitative estimate of drug-likeness (QED) is 0.311. The third-order valence-electron chi connectivity index (χ3n) is 4.18. The summed E-state index contributed by atoms with van der Waals surface area (Å²) in [6.45, 7) is 1.53. The first-order chi connectivity index (χ1) is 14.6. The summed E-state index contributed by atoms with van der Waals surface area (Å²) in [5, 5.41) is 11.1. The molecule has 0 unspecified atom stereocenters. The first kappa shape index (κ1) is 22.3. The van der Waals surface area contributed by atoms with Crippen molar-refractivity contribution in [2.45, 2.75) is 18.4 Å². The number of aromatic nitrogens is 1. The number of amides is 1. The normalized spacial score (nSPS) is 12.1. The Hall–Kier alpha value is -3.38. The van der Waals surface area contributed by atoms with Crippen molar-refractivity contribution in [3.63, 3.8) is 0 Å². The van der Waals surface area contributed by atoms with Gasteiger partial charge in [-0.15, -0.1) is 0 Å². The van der Waals surface area contributed by atoms with E-state index >= 15 is 0 Å². The molecule has 31 heavy (non-hydrogen) atoms. The fraction of sp³-hybridized carbons (Fsp3) is 0.211. The van der Waals surface area contributed by atoms with Crippen LogP contribution in [-0.2, 0) is 25.9 Å². The van der Waals surface area contributed by atoms with Crippen LogP contribution in [0.15, 0.2) is 52.4 Å². The topological polar surface area (TPSA) is 138 Å².